The molecule has 0 radical (unpaired) electrons. The van der Waals surface area contributed by atoms with Gasteiger partial charge >= 0.3 is 61.6 Å². The number of carbonyl (C=O) groups excluding carboxylic acids is 2. The van der Waals surface area contributed by atoms with Gasteiger partial charge in [-0.05, 0) is 12.8 Å². The van der Waals surface area contributed by atoms with E-state index in [9.17, 15) is 22.4 Å². The maximum absolute atomic E-state index is 13.6. The molecule has 0 aliphatic carbocycles. The molecule has 0 bridgehead atoms. The number of amides is 2. The zero-order valence-corrected chi connectivity index (χ0v) is 16.1. The summed E-state index contributed by atoms with van der Waals surface area (Å²) in [5.41, 5.74) is 0. The van der Waals surface area contributed by atoms with Crippen LogP contribution in [0.2, 0.25) is 0 Å². The van der Waals surface area contributed by atoms with E-state index in [-0.39, 0.29) is 64.5 Å². The van der Waals surface area contributed by atoms with Crippen LogP contribution >= 0.6 is 0 Å². The fourth-order valence-electron chi connectivity index (χ4n) is 1.76. The third-order valence-electron chi connectivity index (χ3n) is 2.91. The molecular formula is C11H19FKN2O4S+. The van der Waals surface area contributed by atoms with Crippen molar-refractivity contribution in [3.8, 4) is 0 Å². The first-order chi connectivity index (χ1) is 8.87. The van der Waals surface area contributed by atoms with Gasteiger partial charge in [0, 0.05) is 13.1 Å². The van der Waals surface area contributed by atoms with E-state index >= 15 is 0 Å². The van der Waals surface area contributed by atoms with Crippen LogP contribution in [0, 0.1) is 0 Å². The minimum absolute atomic E-state index is 0. The Balaban J connectivity index is 0.00000361. The second-order valence-electron chi connectivity index (χ2n) is 4.40. The SMILES string of the molecule is CCCCN1C(=O)C(F)C(=O)N(CCCC)S1(=O)=O.[K+]. The van der Waals surface area contributed by atoms with Crippen molar-refractivity contribution in [1.29, 1.82) is 0 Å². The fraction of sp³-hybridized carbons (Fsp3) is 0.818. The quantitative estimate of drug-likeness (QED) is 0.410. The van der Waals surface area contributed by atoms with Crippen LogP contribution < -0.4 is 51.4 Å². The number of hydrogen-bond donors (Lipinski definition) is 0. The van der Waals surface area contributed by atoms with E-state index in [0.29, 0.717) is 34.3 Å². The third-order valence-corrected chi connectivity index (χ3v) is 4.75. The summed E-state index contributed by atoms with van der Waals surface area (Å²) in [5.74, 6) is -2.54. The third kappa shape index (κ3) is 4.23. The minimum atomic E-state index is -4.21. The summed E-state index contributed by atoms with van der Waals surface area (Å²) in [5, 5.41) is 0. The van der Waals surface area contributed by atoms with Crippen molar-refractivity contribution in [2.24, 2.45) is 0 Å². The molecule has 0 unspecified atom stereocenters. The molecule has 0 aromatic heterocycles. The molecule has 0 saturated carbocycles. The Morgan fingerprint density at radius 3 is 1.65 bits per heavy atom. The van der Waals surface area contributed by atoms with Crippen molar-refractivity contribution >= 4 is 22.0 Å². The summed E-state index contributed by atoms with van der Waals surface area (Å²) >= 11 is 0. The number of halogens is 1. The van der Waals surface area contributed by atoms with Gasteiger partial charge in [-0.3, -0.25) is 9.59 Å². The molecule has 110 valence electrons. The summed E-state index contributed by atoms with van der Waals surface area (Å²) in [7, 11) is -4.21. The molecule has 1 aliphatic rings. The maximum atomic E-state index is 13.6. The van der Waals surface area contributed by atoms with Crippen LogP contribution in [0.4, 0.5) is 4.39 Å². The molecule has 9 heteroatoms. The fourth-order valence-corrected chi connectivity index (χ4v) is 3.36. The number of unbranched alkanes of at least 4 members (excludes halogenated alkanes) is 2. The molecular weight excluding hydrogens is 314 g/mol. The Morgan fingerprint density at radius 1 is 1.00 bits per heavy atom. The van der Waals surface area contributed by atoms with Gasteiger partial charge in [0.1, 0.15) is 0 Å². The standard InChI is InChI=1S/C11H19FN2O4S.K/c1-3-5-7-13-10(15)9(12)11(16)14(8-6-4-2)19(13,17)18;/h9H,3-8H2,1-2H3;/q;+1. The monoisotopic (exact) mass is 333 g/mol. The normalized spacial score (nSPS) is 19.1. The van der Waals surface area contributed by atoms with Crippen molar-refractivity contribution < 1.29 is 73.8 Å². The number of alkyl halides is 1. The van der Waals surface area contributed by atoms with Gasteiger partial charge in [-0.2, -0.15) is 8.42 Å². The molecule has 1 fully saturated rings. The first-order valence-electron chi connectivity index (χ1n) is 6.40. The van der Waals surface area contributed by atoms with Gasteiger partial charge in [-0.15, -0.1) is 0 Å². The molecule has 2 amide bonds. The van der Waals surface area contributed by atoms with Crippen LogP contribution in [-0.4, -0.2) is 48.1 Å². The summed E-state index contributed by atoms with van der Waals surface area (Å²) in [6, 6.07) is 0. The summed E-state index contributed by atoms with van der Waals surface area (Å²) in [4.78, 5) is 23.2. The van der Waals surface area contributed by atoms with Gasteiger partial charge in [0.15, 0.2) is 0 Å². The van der Waals surface area contributed by atoms with Gasteiger partial charge in [-0.1, -0.05) is 26.7 Å². The molecule has 0 atom stereocenters. The van der Waals surface area contributed by atoms with Crippen LogP contribution in [0.3, 0.4) is 0 Å². The Labute approximate surface area is 161 Å². The number of carbonyl (C=O) groups is 2. The molecule has 0 spiro atoms. The molecule has 6 nitrogen and oxygen atoms in total. The molecule has 20 heavy (non-hydrogen) atoms. The van der Waals surface area contributed by atoms with E-state index in [4.69, 9.17) is 0 Å². The molecule has 0 aromatic rings. The summed E-state index contributed by atoms with van der Waals surface area (Å²) in [6.07, 6.45) is -0.198. The van der Waals surface area contributed by atoms with Gasteiger partial charge in [0.25, 0.3) is 18.0 Å². The molecule has 1 heterocycles. The van der Waals surface area contributed by atoms with E-state index in [2.05, 4.69) is 0 Å². The van der Waals surface area contributed by atoms with Gasteiger partial charge in [-0.25, -0.2) is 13.0 Å². The zero-order chi connectivity index (χ0) is 14.6. The van der Waals surface area contributed by atoms with Crippen LogP contribution in [-0.2, 0) is 19.8 Å². The van der Waals surface area contributed by atoms with Crippen LogP contribution in [0.5, 0.6) is 0 Å². The van der Waals surface area contributed by atoms with E-state index in [1.54, 1.807) is 0 Å². The Bertz CT molecular complexity index is 423. The first kappa shape index (κ1) is 20.5. The van der Waals surface area contributed by atoms with Crippen molar-refractivity contribution in [3.63, 3.8) is 0 Å². The Kier molecular flexibility index (Phi) is 8.99. The molecule has 0 N–H and O–H groups in total. The minimum Gasteiger partial charge on any atom is -0.270 e. The number of hydrogen-bond acceptors (Lipinski definition) is 4. The predicted octanol–water partition coefficient (Wildman–Crippen LogP) is -2.16. The number of nitrogens with zero attached hydrogens (tertiary/aromatic N) is 2. The van der Waals surface area contributed by atoms with Gasteiger partial charge < -0.3 is 0 Å². The molecule has 1 aliphatic heterocycles. The molecule has 1 rings (SSSR count). The number of rotatable bonds is 6. The average molecular weight is 333 g/mol. The Hall–Kier alpha value is 0.456. The molecule has 0 aromatic carbocycles. The first-order valence-corrected chi connectivity index (χ1v) is 7.79. The maximum Gasteiger partial charge on any atom is 1.00 e. The van der Waals surface area contributed by atoms with Crippen LogP contribution in [0.25, 0.3) is 0 Å². The predicted molar refractivity (Wildman–Crippen MR) is 67.1 cm³/mol. The van der Waals surface area contributed by atoms with Gasteiger partial charge in [0.05, 0.1) is 0 Å². The molecule has 1 saturated heterocycles. The van der Waals surface area contributed by atoms with Crippen molar-refractivity contribution in [3.05, 3.63) is 0 Å². The second kappa shape index (κ2) is 8.79. The van der Waals surface area contributed by atoms with Crippen LogP contribution in [0.15, 0.2) is 0 Å². The van der Waals surface area contributed by atoms with Crippen LogP contribution in [0.1, 0.15) is 39.5 Å². The average Bonchev–Trinajstić information content (AvgIpc) is 2.36. The van der Waals surface area contributed by atoms with Gasteiger partial charge in [0.2, 0.25) is 0 Å². The second-order valence-corrected chi connectivity index (χ2v) is 6.18. The van der Waals surface area contributed by atoms with E-state index < -0.39 is 28.2 Å². The summed E-state index contributed by atoms with van der Waals surface area (Å²) < 4.78 is 38.9. The Morgan fingerprint density at radius 2 is 1.35 bits per heavy atom. The largest absolute Gasteiger partial charge is 1.00 e. The van der Waals surface area contributed by atoms with Crippen molar-refractivity contribution in [1.82, 2.24) is 8.61 Å². The van der Waals surface area contributed by atoms with E-state index in [1.807, 2.05) is 13.8 Å². The topological polar surface area (TPSA) is 74.8 Å². The van der Waals surface area contributed by atoms with Crippen molar-refractivity contribution in [2.75, 3.05) is 13.1 Å². The van der Waals surface area contributed by atoms with E-state index in [1.165, 1.54) is 0 Å². The van der Waals surface area contributed by atoms with E-state index in [0.717, 1.165) is 0 Å². The smallest absolute Gasteiger partial charge is 0.270 e. The summed E-state index contributed by atoms with van der Waals surface area (Å²) in [6.45, 7) is 3.48. The zero-order valence-electron chi connectivity index (χ0n) is 12.1. The van der Waals surface area contributed by atoms with Crippen molar-refractivity contribution in [2.45, 2.75) is 45.7 Å².